The highest BCUT2D eigenvalue weighted by Gasteiger charge is 2.12. The fourth-order valence-electron chi connectivity index (χ4n) is 0.542. The van der Waals surface area contributed by atoms with Gasteiger partial charge in [-0.1, -0.05) is 0 Å². The van der Waals surface area contributed by atoms with E-state index in [2.05, 4.69) is 0 Å². The highest BCUT2D eigenvalue weighted by Crippen LogP contribution is 2.00. The first-order valence-corrected chi connectivity index (χ1v) is 2.52. The van der Waals surface area contributed by atoms with Crippen molar-refractivity contribution >= 4 is 5.69 Å². The minimum absolute atomic E-state index is 0.190. The Morgan fingerprint density at radius 2 is 2.40 bits per heavy atom. The molecule has 0 radical (unpaired) electrons. The molecule has 0 fully saturated rings. The quantitative estimate of drug-likeness (QED) is 0.385. The molecule has 0 aliphatic rings. The number of aromatic nitrogens is 1. The van der Waals surface area contributed by atoms with Gasteiger partial charge in [0.15, 0.2) is 0 Å². The Morgan fingerprint density at radius 1 is 1.70 bits per heavy atom. The van der Waals surface area contributed by atoms with Crippen LogP contribution in [0.1, 0.15) is 0 Å². The standard InChI is InChI=1S/C5H4FN2O2/c6-4-3-8(10)2-1-5(4)7-9/h1-3,10H/q+1/p+1. The van der Waals surface area contributed by atoms with Crippen LogP contribution in [0.15, 0.2) is 18.5 Å². The van der Waals surface area contributed by atoms with Gasteiger partial charge in [0.2, 0.25) is 6.20 Å². The van der Waals surface area contributed by atoms with Crippen LogP contribution in [0.3, 0.4) is 0 Å². The van der Waals surface area contributed by atoms with Gasteiger partial charge in [0.1, 0.15) is 0 Å². The van der Waals surface area contributed by atoms with E-state index >= 15 is 0 Å². The van der Waals surface area contributed by atoms with Crippen LogP contribution in [0.5, 0.6) is 0 Å². The summed E-state index contributed by atoms with van der Waals surface area (Å²) in [5.41, 5.74) is -0.190. The third-order valence-corrected chi connectivity index (χ3v) is 1.01. The Labute approximate surface area is 55.5 Å². The lowest BCUT2D eigenvalue weighted by Gasteiger charge is -1.81. The Balaban J connectivity index is 3.19. The smallest absolute Gasteiger partial charge is 0.285 e. The summed E-state index contributed by atoms with van der Waals surface area (Å²) in [6, 6.07) is 1.13. The summed E-state index contributed by atoms with van der Waals surface area (Å²) in [6.07, 6.45) is 1.92. The molecule has 52 valence electrons. The van der Waals surface area contributed by atoms with Crippen molar-refractivity contribution in [3.63, 3.8) is 0 Å². The van der Waals surface area contributed by atoms with Gasteiger partial charge >= 0.3 is 5.69 Å². The molecule has 1 heterocycles. The summed E-state index contributed by atoms with van der Waals surface area (Å²) < 4.78 is 12.9. The summed E-state index contributed by atoms with van der Waals surface area (Å²) in [5, 5.41) is 9.95. The van der Waals surface area contributed by atoms with Crippen LogP contribution in [-0.2, 0) is 0 Å². The molecule has 0 aromatic carbocycles. The van der Waals surface area contributed by atoms with Gasteiger partial charge in [0.05, 0.1) is 6.07 Å². The largest absolute Gasteiger partial charge is 0.301 e. The van der Waals surface area contributed by atoms with E-state index in [0.29, 0.717) is 4.73 Å². The molecule has 1 rings (SSSR count). The van der Waals surface area contributed by atoms with E-state index in [1.54, 1.807) is 0 Å². The van der Waals surface area contributed by atoms with Crippen LogP contribution in [0.4, 0.5) is 10.1 Å². The molecule has 0 aliphatic carbocycles. The van der Waals surface area contributed by atoms with Gasteiger partial charge in [-0.15, -0.1) is 0 Å². The van der Waals surface area contributed by atoms with E-state index in [9.17, 15) is 9.30 Å². The van der Waals surface area contributed by atoms with Gasteiger partial charge in [-0.3, -0.25) is 5.21 Å². The summed E-state index contributed by atoms with van der Waals surface area (Å²) >= 11 is 0. The van der Waals surface area contributed by atoms with Crippen molar-refractivity contribution < 1.29 is 19.5 Å². The molecule has 0 saturated carbocycles. The van der Waals surface area contributed by atoms with Crippen LogP contribution in [0.25, 0.3) is 0 Å². The fraction of sp³-hybridized carbons (Fsp3) is 0. The molecule has 10 heavy (non-hydrogen) atoms. The van der Waals surface area contributed by atoms with Crippen LogP contribution in [0, 0.1) is 10.7 Å². The van der Waals surface area contributed by atoms with Gasteiger partial charge in [0.25, 0.3) is 12.0 Å². The number of nitrogens with zero attached hydrogens (tertiary/aromatic N) is 1. The average Bonchev–Trinajstić information content (AvgIpc) is 1.88. The summed E-state index contributed by atoms with van der Waals surface area (Å²) in [5.74, 6) is -0.792. The van der Waals surface area contributed by atoms with Crippen LogP contribution < -0.4 is 9.91 Å². The van der Waals surface area contributed by atoms with Crippen molar-refractivity contribution in [2.45, 2.75) is 0 Å². The SMILES string of the molecule is O=[NH+]c1cc[n+](O)cc1F. The highest BCUT2D eigenvalue weighted by atomic mass is 19.1. The fourth-order valence-corrected chi connectivity index (χ4v) is 0.542. The van der Waals surface area contributed by atoms with Gasteiger partial charge in [-0.25, -0.2) is 0 Å². The second-order valence-corrected chi connectivity index (χ2v) is 1.69. The molecule has 0 amide bonds. The maximum atomic E-state index is 12.4. The van der Waals surface area contributed by atoms with Crippen molar-refractivity contribution in [3.8, 4) is 0 Å². The molecule has 0 atom stereocenters. The first kappa shape index (κ1) is 6.60. The summed E-state index contributed by atoms with van der Waals surface area (Å²) in [7, 11) is 0. The molecule has 0 unspecified atom stereocenters. The zero-order valence-corrected chi connectivity index (χ0v) is 4.91. The lowest BCUT2D eigenvalue weighted by Crippen LogP contribution is -2.57. The molecule has 4 nitrogen and oxygen atoms in total. The van der Waals surface area contributed by atoms with Crippen molar-refractivity contribution in [1.82, 2.24) is 0 Å². The number of pyridine rings is 1. The number of halogens is 1. The topological polar surface area (TPSA) is 55.2 Å². The molecule has 0 aliphatic heterocycles. The second kappa shape index (κ2) is 2.38. The average molecular weight is 144 g/mol. The first-order chi connectivity index (χ1) is 4.74. The molecule has 1 aromatic rings. The Bertz CT molecular complexity index is 264. The zero-order chi connectivity index (χ0) is 7.56. The molecule has 2 N–H and O–H groups in total. The van der Waals surface area contributed by atoms with Gasteiger partial charge in [-0.2, -0.15) is 4.39 Å². The molecular formula is C5H5FN2O2+2. The zero-order valence-electron chi connectivity index (χ0n) is 4.91. The Morgan fingerprint density at radius 3 is 2.90 bits per heavy atom. The van der Waals surface area contributed by atoms with E-state index < -0.39 is 5.82 Å². The molecule has 0 saturated heterocycles. The third kappa shape index (κ3) is 1.07. The summed E-state index contributed by atoms with van der Waals surface area (Å²) in [4.78, 5) is 9.88. The monoisotopic (exact) mass is 144 g/mol. The van der Waals surface area contributed by atoms with Gasteiger partial charge in [0, 0.05) is 14.8 Å². The van der Waals surface area contributed by atoms with E-state index in [-0.39, 0.29) is 5.69 Å². The Kier molecular flexibility index (Phi) is 1.57. The van der Waals surface area contributed by atoms with Crippen molar-refractivity contribution in [2.24, 2.45) is 0 Å². The molecule has 1 aromatic heterocycles. The van der Waals surface area contributed by atoms with Crippen molar-refractivity contribution in [3.05, 3.63) is 29.2 Å². The third-order valence-electron chi connectivity index (χ3n) is 1.01. The highest BCUT2D eigenvalue weighted by molar-refractivity contribution is 5.23. The summed E-state index contributed by atoms with van der Waals surface area (Å²) in [6.45, 7) is 0. The molecule has 0 spiro atoms. The van der Waals surface area contributed by atoms with E-state index in [0.717, 1.165) is 18.5 Å². The van der Waals surface area contributed by atoms with Crippen LogP contribution in [0.2, 0.25) is 0 Å². The van der Waals surface area contributed by atoms with E-state index in [4.69, 9.17) is 5.21 Å². The minimum atomic E-state index is -0.792. The molecular weight excluding hydrogens is 139 g/mol. The molecule has 0 bridgehead atoms. The predicted molar refractivity (Wildman–Crippen MR) is 27.8 cm³/mol. The lowest BCUT2D eigenvalue weighted by atomic mass is 10.4. The minimum Gasteiger partial charge on any atom is -0.285 e. The number of nitroso groups, excluding NO2 is 1. The van der Waals surface area contributed by atoms with Crippen LogP contribution in [-0.4, -0.2) is 5.21 Å². The maximum absolute atomic E-state index is 12.4. The second-order valence-electron chi connectivity index (χ2n) is 1.69. The number of hydrogen-bond donors (Lipinski definition) is 2. The van der Waals surface area contributed by atoms with Gasteiger partial charge < -0.3 is 0 Å². The first-order valence-electron chi connectivity index (χ1n) is 2.52. The normalized spacial score (nSPS) is 9.30. The van der Waals surface area contributed by atoms with Crippen molar-refractivity contribution in [2.75, 3.05) is 0 Å². The number of hydrogen-bond acceptors (Lipinski definition) is 2. The Hall–Kier alpha value is -1.52. The van der Waals surface area contributed by atoms with E-state index in [1.807, 2.05) is 0 Å². The van der Waals surface area contributed by atoms with E-state index in [1.165, 1.54) is 5.18 Å². The number of rotatable bonds is 1. The van der Waals surface area contributed by atoms with Crippen LogP contribution >= 0.6 is 0 Å². The maximum Gasteiger partial charge on any atom is 0.301 e. The molecule has 5 heteroatoms. The van der Waals surface area contributed by atoms with Gasteiger partial charge in [-0.05, 0) is 0 Å². The number of nitrogens with one attached hydrogen (secondary N) is 1. The predicted octanol–water partition coefficient (Wildman–Crippen LogP) is -1.17. The lowest BCUT2D eigenvalue weighted by molar-refractivity contribution is -0.905. The van der Waals surface area contributed by atoms with Crippen molar-refractivity contribution in [1.29, 1.82) is 0 Å².